The lowest BCUT2D eigenvalue weighted by atomic mass is 9.80. The number of allylic oxidation sites excluding steroid dienone is 4. The maximum absolute atomic E-state index is 10.7. The molecule has 2 aliphatic carbocycles. The molecule has 2 rings (SSSR count). The van der Waals surface area contributed by atoms with Crippen LogP contribution in [0.2, 0.25) is 0 Å². The van der Waals surface area contributed by atoms with Crippen molar-refractivity contribution < 1.29 is 4.79 Å². The van der Waals surface area contributed by atoms with E-state index in [4.69, 9.17) is 0 Å². The van der Waals surface area contributed by atoms with Crippen LogP contribution in [0.25, 0.3) is 0 Å². The highest BCUT2D eigenvalue weighted by Crippen LogP contribution is 2.31. The lowest BCUT2D eigenvalue weighted by Crippen LogP contribution is -2.13. The van der Waals surface area contributed by atoms with E-state index < -0.39 is 0 Å². The average Bonchev–Trinajstić information content (AvgIpc) is 2.94. The monoisotopic (exact) mass is 348 g/mol. The largest absolute Gasteiger partial charge is 0.295 e. The van der Waals surface area contributed by atoms with Crippen LogP contribution in [0.4, 0.5) is 0 Å². The summed E-state index contributed by atoms with van der Waals surface area (Å²) in [5.74, 6) is 4.30. The van der Waals surface area contributed by atoms with E-state index in [9.17, 15) is 4.79 Å². The maximum atomic E-state index is 10.7. The molecule has 1 nitrogen and oxygen atoms in total. The van der Waals surface area contributed by atoms with Crippen LogP contribution < -0.4 is 0 Å². The summed E-state index contributed by atoms with van der Waals surface area (Å²) in [4.78, 5) is 10.7. The molecule has 0 saturated carbocycles. The first-order valence-electron chi connectivity index (χ1n) is 10.5. The van der Waals surface area contributed by atoms with Crippen LogP contribution in [-0.4, -0.2) is 5.78 Å². The van der Waals surface area contributed by atoms with Gasteiger partial charge in [-0.05, 0) is 61.3 Å². The third kappa shape index (κ3) is 11.4. The molecule has 0 radical (unpaired) electrons. The van der Waals surface area contributed by atoms with E-state index >= 15 is 0 Å². The van der Waals surface area contributed by atoms with Gasteiger partial charge in [-0.25, -0.2) is 0 Å². The van der Waals surface area contributed by atoms with Crippen LogP contribution in [-0.2, 0) is 4.79 Å². The molecule has 0 aliphatic heterocycles. The first-order chi connectivity index (χ1) is 11.5. The van der Waals surface area contributed by atoms with Gasteiger partial charge in [-0.15, -0.1) is 0 Å². The normalized spacial score (nSPS) is 20.2. The van der Waals surface area contributed by atoms with Crippen molar-refractivity contribution in [3.05, 3.63) is 23.3 Å². The molecule has 0 aromatic rings. The van der Waals surface area contributed by atoms with Gasteiger partial charge >= 0.3 is 0 Å². The standard InChI is InChI=1S/C12H22.C8H12O.C4H10/c1-9(2)11-5-7-12(8-6-11)10(3)4;1-6(2)7-3-4-8(9)5-7;1-4(2)3/h5,9-10,12H,6-8H2,1-4H3;5-6H,3-4H2,1-2H3;4H,1-3H3. The Morgan fingerprint density at radius 1 is 0.800 bits per heavy atom. The van der Waals surface area contributed by atoms with Crippen molar-refractivity contribution >= 4 is 5.78 Å². The molecule has 1 atom stereocenters. The fourth-order valence-corrected chi connectivity index (χ4v) is 3.08. The van der Waals surface area contributed by atoms with Gasteiger partial charge < -0.3 is 0 Å². The Kier molecular flexibility index (Phi) is 12.1. The third-order valence-corrected chi connectivity index (χ3v) is 4.92. The van der Waals surface area contributed by atoms with Crippen molar-refractivity contribution in [3.8, 4) is 0 Å². The molecule has 0 N–H and O–H groups in total. The van der Waals surface area contributed by atoms with E-state index in [1.165, 1.54) is 24.8 Å². The molecule has 0 spiro atoms. The molecule has 0 aromatic carbocycles. The van der Waals surface area contributed by atoms with Crippen LogP contribution >= 0.6 is 0 Å². The molecule has 0 saturated heterocycles. The first-order valence-corrected chi connectivity index (χ1v) is 10.5. The number of rotatable bonds is 3. The zero-order valence-corrected chi connectivity index (χ0v) is 18.5. The zero-order valence-electron chi connectivity index (χ0n) is 18.5. The number of carbonyl (C=O) groups is 1. The van der Waals surface area contributed by atoms with Gasteiger partial charge in [-0.1, -0.05) is 79.5 Å². The molecular formula is C24H44O. The van der Waals surface area contributed by atoms with Crippen molar-refractivity contribution in [2.45, 2.75) is 94.4 Å². The predicted molar refractivity (Wildman–Crippen MR) is 113 cm³/mol. The molecular weight excluding hydrogens is 304 g/mol. The SMILES string of the molecule is CC(C)C.CC(C)C1=CC(=O)CC1.CC(C)C1=CCC(C(C)C)CC1. The summed E-state index contributed by atoms with van der Waals surface area (Å²) in [6.07, 6.45) is 10.1. The molecule has 0 heterocycles. The van der Waals surface area contributed by atoms with Gasteiger partial charge in [0.2, 0.25) is 0 Å². The predicted octanol–water partition coefficient (Wildman–Crippen LogP) is 7.62. The van der Waals surface area contributed by atoms with Crippen LogP contribution in [0.1, 0.15) is 94.4 Å². The minimum absolute atomic E-state index is 0.304. The summed E-state index contributed by atoms with van der Waals surface area (Å²) in [5, 5.41) is 0. The Morgan fingerprint density at radius 2 is 1.32 bits per heavy atom. The van der Waals surface area contributed by atoms with Crippen molar-refractivity contribution in [1.82, 2.24) is 0 Å². The lowest BCUT2D eigenvalue weighted by Gasteiger charge is -2.26. The van der Waals surface area contributed by atoms with E-state index in [1.54, 1.807) is 11.6 Å². The second kappa shape index (κ2) is 12.5. The molecule has 0 bridgehead atoms. The van der Waals surface area contributed by atoms with E-state index in [0.29, 0.717) is 11.7 Å². The van der Waals surface area contributed by atoms with Gasteiger partial charge in [-0.2, -0.15) is 0 Å². The Labute approximate surface area is 158 Å². The molecule has 1 heteroatoms. The molecule has 1 unspecified atom stereocenters. The van der Waals surface area contributed by atoms with Crippen LogP contribution in [0.5, 0.6) is 0 Å². The van der Waals surface area contributed by atoms with E-state index in [-0.39, 0.29) is 0 Å². The lowest BCUT2D eigenvalue weighted by molar-refractivity contribution is -0.114. The van der Waals surface area contributed by atoms with Crippen LogP contribution in [0.3, 0.4) is 0 Å². The Morgan fingerprint density at radius 3 is 1.56 bits per heavy atom. The summed E-state index contributed by atoms with van der Waals surface area (Å²) in [6, 6.07) is 0. The zero-order chi connectivity index (χ0) is 19.6. The summed E-state index contributed by atoms with van der Waals surface area (Å²) in [7, 11) is 0. The summed E-state index contributed by atoms with van der Waals surface area (Å²) >= 11 is 0. The molecule has 25 heavy (non-hydrogen) atoms. The summed E-state index contributed by atoms with van der Waals surface area (Å²) in [6.45, 7) is 20.1. The molecule has 0 aromatic heterocycles. The smallest absolute Gasteiger partial charge is 0.155 e. The molecule has 0 fully saturated rings. The highest BCUT2D eigenvalue weighted by Gasteiger charge is 2.18. The van der Waals surface area contributed by atoms with Gasteiger partial charge in [-0.3, -0.25) is 4.79 Å². The average molecular weight is 349 g/mol. The van der Waals surface area contributed by atoms with E-state index in [0.717, 1.165) is 36.5 Å². The number of ketones is 1. The van der Waals surface area contributed by atoms with Gasteiger partial charge in [0, 0.05) is 6.42 Å². The fourth-order valence-electron chi connectivity index (χ4n) is 3.08. The van der Waals surface area contributed by atoms with Gasteiger partial charge in [0.05, 0.1) is 0 Å². The fraction of sp³-hybridized carbons (Fsp3) is 0.792. The Hall–Kier alpha value is -0.850. The van der Waals surface area contributed by atoms with E-state index in [1.807, 2.05) is 0 Å². The van der Waals surface area contributed by atoms with Crippen LogP contribution in [0, 0.1) is 29.6 Å². The topological polar surface area (TPSA) is 17.1 Å². The molecule has 146 valence electrons. The Bertz CT molecular complexity index is 432. The minimum atomic E-state index is 0.304. The van der Waals surface area contributed by atoms with Gasteiger partial charge in [0.1, 0.15) is 0 Å². The molecule has 0 amide bonds. The van der Waals surface area contributed by atoms with Crippen molar-refractivity contribution in [1.29, 1.82) is 0 Å². The highest BCUT2D eigenvalue weighted by molar-refractivity contribution is 5.92. The first kappa shape index (κ1) is 24.1. The maximum Gasteiger partial charge on any atom is 0.155 e. The van der Waals surface area contributed by atoms with Crippen molar-refractivity contribution in [3.63, 3.8) is 0 Å². The number of hydrogen-bond acceptors (Lipinski definition) is 1. The molecule has 2 aliphatic rings. The summed E-state index contributed by atoms with van der Waals surface area (Å²) in [5.41, 5.74) is 3.01. The van der Waals surface area contributed by atoms with Gasteiger partial charge in [0.25, 0.3) is 0 Å². The minimum Gasteiger partial charge on any atom is -0.295 e. The van der Waals surface area contributed by atoms with E-state index in [2.05, 4.69) is 68.4 Å². The second-order valence-corrected chi connectivity index (χ2v) is 9.28. The van der Waals surface area contributed by atoms with Gasteiger partial charge in [0.15, 0.2) is 5.78 Å². The highest BCUT2D eigenvalue weighted by atomic mass is 16.1. The quantitative estimate of drug-likeness (QED) is 0.479. The number of carbonyl (C=O) groups excluding carboxylic acids is 1. The van der Waals surface area contributed by atoms with Crippen molar-refractivity contribution in [2.24, 2.45) is 29.6 Å². The second-order valence-electron chi connectivity index (χ2n) is 9.28. The van der Waals surface area contributed by atoms with Crippen molar-refractivity contribution in [2.75, 3.05) is 0 Å². The summed E-state index contributed by atoms with van der Waals surface area (Å²) < 4.78 is 0. The van der Waals surface area contributed by atoms with Crippen LogP contribution in [0.15, 0.2) is 23.3 Å². The number of hydrogen-bond donors (Lipinski definition) is 0. The Balaban J connectivity index is 0.000000391. The third-order valence-electron chi connectivity index (χ3n) is 4.92.